The van der Waals surface area contributed by atoms with E-state index in [-0.39, 0.29) is 17.4 Å². The number of carbonyl (C=O) groups is 1. The van der Waals surface area contributed by atoms with Crippen LogP contribution in [0, 0.1) is 5.92 Å². The number of carbonyl (C=O) groups excluding carboxylic acids is 1. The Morgan fingerprint density at radius 2 is 2.23 bits per heavy atom. The standard InChI is InChI=1S/C17H21N3OS/c1-17(2,3)20-15(21)11-6-7-13-14(9-11)22-16(19-13)12-5-4-8-18-10-12/h4-5,8,10-11H,6-7,9H2,1-3H3,(H,20,21). The highest BCUT2D eigenvalue weighted by Crippen LogP contribution is 2.34. The second-order valence-electron chi connectivity index (χ2n) is 6.81. The first-order valence-corrected chi connectivity index (χ1v) is 8.45. The van der Waals surface area contributed by atoms with Gasteiger partial charge < -0.3 is 5.32 Å². The molecule has 0 radical (unpaired) electrons. The van der Waals surface area contributed by atoms with Gasteiger partial charge in [0, 0.05) is 34.3 Å². The average molecular weight is 315 g/mol. The molecule has 0 fully saturated rings. The van der Waals surface area contributed by atoms with E-state index in [2.05, 4.69) is 10.3 Å². The summed E-state index contributed by atoms with van der Waals surface area (Å²) in [4.78, 5) is 22.5. The zero-order valence-corrected chi connectivity index (χ0v) is 14.0. The topological polar surface area (TPSA) is 54.9 Å². The fourth-order valence-electron chi connectivity index (χ4n) is 2.68. The molecule has 1 aliphatic carbocycles. The fraction of sp³-hybridized carbons (Fsp3) is 0.471. The van der Waals surface area contributed by atoms with Crippen molar-refractivity contribution < 1.29 is 4.79 Å². The number of aromatic nitrogens is 2. The summed E-state index contributed by atoms with van der Waals surface area (Å²) in [6.07, 6.45) is 6.17. The zero-order chi connectivity index (χ0) is 15.7. The smallest absolute Gasteiger partial charge is 0.223 e. The van der Waals surface area contributed by atoms with Crippen LogP contribution in [0.3, 0.4) is 0 Å². The molecule has 22 heavy (non-hydrogen) atoms. The van der Waals surface area contributed by atoms with Gasteiger partial charge in [0.1, 0.15) is 5.01 Å². The molecule has 3 rings (SSSR count). The lowest BCUT2D eigenvalue weighted by atomic mass is 9.89. The first kappa shape index (κ1) is 15.2. The predicted molar refractivity (Wildman–Crippen MR) is 88.8 cm³/mol. The van der Waals surface area contributed by atoms with Crippen LogP contribution >= 0.6 is 11.3 Å². The summed E-state index contributed by atoms with van der Waals surface area (Å²) < 4.78 is 0. The van der Waals surface area contributed by atoms with Crippen LogP contribution < -0.4 is 5.32 Å². The molecule has 1 N–H and O–H groups in total. The van der Waals surface area contributed by atoms with Crippen molar-refractivity contribution in [3.05, 3.63) is 35.1 Å². The van der Waals surface area contributed by atoms with E-state index < -0.39 is 0 Å². The Labute approximate surface area is 135 Å². The van der Waals surface area contributed by atoms with Crippen LogP contribution in [0.15, 0.2) is 24.5 Å². The number of hydrogen-bond acceptors (Lipinski definition) is 4. The summed E-state index contributed by atoms with van der Waals surface area (Å²) in [6, 6.07) is 3.95. The van der Waals surface area contributed by atoms with Crippen molar-refractivity contribution in [1.29, 1.82) is 0 Å². The maximum atomic E-state index is 12.4. The van der Waals surface area contributed by atoms with Gasteiger partial charge >= 0.3 is 0 Å². The van der Waals surface area contributed by atoms with Crippen molar-refractivity contribution in [3.63, 3.8) is 0 Å². The van der Waals surface area contributed by atoms with Crippen LogP contribution in [-0.4, -0.2) is 21.4 Å². The fourth-order valence-corrected chi connectivity index (χ4v) is 3.86. The molecule has 1 amide bonds. The Balaban J connectivity index is 1.77. The van der Waals surface area contributed by atoms with Crippen molar-refractivity contribution in [1.82, 2.24) is 15.3 Å². The molecule has 2 heterocycles. The van der Waals surface area contributed by atoms with Crippen LogP contribution in [-0.2, 0) is 17.6 Å². The molecule has 0 aliphatic heterocycles. The molecular formula is C17H21N3OS. The summed E-state index contributed by atoms with van der Waals surface area (Å²) >= 11 is 1.70. The Kier molecular flexibility index (Phi) is 4.00. The number of fused-ring (bicyclic) bond motifs is 1. The number of rotatable bonds is 2. The van der Waals surface area contributed by atoms with Gasteiger partial charge in [0.25, 0.3) is 0 Å². The average Bonchev–Trinajstić information content (AvgIpc) is 2.89. The first-order chi connectivity index (χ1) is 10.4. The molecule has 116 valence electrons. The molecular weight excluding hydrogens is 294 g/mol. The number of nitrogens with one attached hydrogen (secondary N) is 1. The summed E-state index contributed by atoms with van der Waals surface area (Å²) in [6.45, 7) is 6.06. The lowest BCUT2D eigenvalue weighted by molar-refractivity contribution is -0.126. The predicted octanol–water partition coefficient (Wildman–Crippen LogP) is 3.22. The number of thiazole rings is 1. The van der Waals surface area contributed by atoms with E-state index in [4.69, 9.17) is 4.98 Å². The van der Waals surface area contributed by atoms with E-state index in [0.717, 1.165) is 35.5 Å². The minimum absolute atomic E-state index is 0.0638. The SMILES string of the molecule is CC(C)(C)NC(=O)C1CCc2nc(-c3cccnc3)sc2C1. The van der Waals surface area contributed by atoms with Gasteiger partial charge in [-0.15, -0.1) is 11.3 Å². The van der Waals surface area contributed by atoms with Gasteiger partial charge in [-0.1, -0.05) is 0 Å². The third-order valence-electron chi connectivity index (χ3n) is 3.72. The Bertz CT molecular complexity index is 673. The van der Waals surface area contributed by atoms with E-state index in [9.17, 15) is 4.79 Å². The minimum atomic E-state index is -0.175. The summed E-state index contributed by atoms with van der Waals surface area (Å²) in [5, 5.41) is 4.10. The lowest BCUT2D eigenvalue weighted by Crippen LogP contribution is -2.45. The third kappa shape index (κ3) is 3.35. The van der Waals surface area contributed by atoms with E-state index in [1.165, 1.54) is 4.88 Å². The van der Waals surface area contributed by atoms with Crippen molar-refractivity contribution in [2.45, 2.75) is 45.6 Å². The molecule has 2 aromatic heterocycles. The number of pyridine rings is 1. The summed E-state index contributed by atoms with van der Waals surface area (Å²) in [7, 11) is 0. The van der Waals surface area contributed by atoms with Crippen LogP contribution in [0.2, 0.25) is 0 Å². The van der Waals surface area contributed by atoms with Crippen molar-refractivity contribution in [2.24, 2.45) is 5.92 Å². The van der Waals surface area contributed by atoms with Gasteiger partial charge in [-0.05, 0) is 52.2 Å². The van der Waals surface area contributed by atoms with Gasteiger partial charge in [0.15, 0.2) is 0 Å². The van der Waals surface area contributed by atoms with Crippen LogP contribution in [0.1, 0.15) is 37.8 Å². The molecule has 0 bridgehead atoms. The quantitative estimate of drug-likeness (QED) is 0.925. The highest BCUT2D eigenvalue weighted by atomic mass is 32.1. The molecule has 0 saturated carbocycles. The van der Waals surface area contributed by atoms with Crippen molar-refractivity contribution >= 4 is 17.2 Å². The highest BCUT2D eigenvalue weighted by molar-refractivity contribution is 7.15. The molecule has 2 aromatic rings. The number of hydrogen-bond donors (Lipinski definition) is 1. The molecule has 0 aromatic carbocycles. The van der Waals surface area contributed by atoms with Crippen LogP contribution in [0.4, 0.5) is 0 Å². The lowest BCUT2D eigenvalue weighted by Gasteiger charge is -2.26. The summed E-state index contributed by atoms with van der Waals surface area (Å²) in [5.41, 5.74) is 2.03. The van der Waals surface area contributed by atoms with E-state index in [0.29, 0.717) is 0 Å². The summed E-state index contributed by atoms with van der Waals surface area (Å²) in [5.74, 6) is 0.225. The molecule has 5 heteroatoms. The minimum Gasteiger partial charge on any atom is -0.351 e. The van der Waals surface area contributed by atoms with Gasteiger partial charge in [-0.25, -0.2) is 4.98 Å². The van der Waals surface area contributed by atoms with Crippen LogP contribution in [0.25, 0.3) is 10.6 Å². The maximum Gasteiger partial charge on any atom is 0.223 e. The molecule has 1 unspecified atom stereocenters. The molecule has 1 atom stereocenters. The third-order valence-corrected chi connectivity index (χ3v) is 4.89. The monoisotopic (exact) mass is 315 g/mol. The number of aryl methyl sites for hydroxylation is 1. The van der Waals surface area contributed by atoms with Gasteiger partial charge in [0.05, 0.1) is 5.69 Å². The number of amides is 1. The van der Waals surface area contributed by atoms with Gasteiger partial charge in [0.2, 0.25) is 5.91 Å². The van der Waals surface area contributed by atoms with E-state index >= 15 is 0 Å². The van der Waals surface area contributed by atoms with Crippen molar-refractivity contribution in [3.8, 4) is 10.6 Å². The van der Waals surface area contributed by atoms with E-state index in [1.807, 2.05) is 39.1 Å². The largest absolute Gasteiger partial charge is 0.351 e. The highest BCUT2D eigenvalue weighted by Gasteiger charge is 2.29. The second kappa shape index (κ2) is 5.80. The van der Waals surface area contributed by atoms with Crippen molar-refractivity contribution in [2.75, 3.05) is 0 Å². The molecule has 0 spiro atoms. The Morgan fingerprint density at radius 1 is 1.41 bits per heavy atom. The molecule has 4 nitrogen and oxygen atoms in total. The zero-order valence-electron chi connectivity index (χ0n) is 13.2. The molecule has 0 saturated heterocycles. The molecule has 1 aliphatic rings. The number of nitrogens with zero attached hydrogens (tertiary/aromatic N) is 2. The van der Waals surface area contributed by atoms with E-state index in [1.54, 1.807) is 17.5 Å². The normalized spacial score (nSPS) is 17.9. The Hall–Kier alpha value is -1.75. The van der Waals surface area contributed by atoms with Gasteiger partial charge in [-0.2, -0.15) is 0 Å². The van der Waals surface area contributed by atoms with Crippen LogP contribution in [0.5, 0.6) is 0 Å². The Morgan fingerprint density at radius 3 is 2.91 bits per heavy atom. The van der Waals surface area contributed by atoms with Gasteiger partial charge in [-0.3, -0.25) is 9.78 Å². The second-order valence-corrected chi connectivity index (χ2v) is 7.89. The maximum absolute atomic E-state index is 12.4. The first-order valence-electron chi connectivity index (χ1n) is 7.63.